The van der Waals surface area contributed by atoms with Crippen LogP contribution in [0.1, 0.15) is 5.56 Å². The Hall–Kier alpha value is -1.16. The van der Waals surface area contributed by atoms with E-state index in [9.17, 15) is 8.42 Å². The van der Waals surface area contributed by atoms with Crippen molar-refractivity contribution in [2.75, 3.05) is 10.1 Å². The number of hydrazine groups is 1. The quantitative estimate of drug-likeness (QED) is 0.506. The van der Waals surface area contributed by atoms with Crippen molar-refractivity contribution in [3.8, 4) is 0 Å². The summed E-state index contributed by atoms with van der Waals surface area (Å²) in [6.07, 6.45) is 1.46. The maximum absolute atomic E-state index is 12.5. The van der Waals surface area contributed by atoms with Crippen LogP contribution in [0.3, 0.4) is 0 Å². The molecule has 0 radical (unpaired) electrons. The maximum atomic E-state index is 12.5. The first-order valence-corrected chi connectivity index (χ1v) is 8.81. The number of halogens is 2. The van der Waals surface area contributed by atoms with E-state index < -0.39 is 10.0 Å². The summed E-state index contributed by atoms with van der Waals surface area (Å²) in [6.45, 7) is 1.87. The fourth-order valence-electron chi connectivity index (χ4n) is 1.65. The molecule has 1 aromatic carbocycles. The van der Waals surface area contributed by atoms with Gasteiger partial charge in [0.25, 0.3) is 10.0 Å². The van der Waals surface area contributed by atoms with Crippen molar-refractivity contribution >= 4 is 53.4 Å². The van der Waals surface area contributed by atoms with E-state index in [1.807, 2.05) is 6.92 Å². The Balaban J connectivity index is 2.42. The summed E-state index contributed by atoms with van der Waals surface area (Å²) >= 11 is 6.56. The Kier molecular flexibility index (Phi) is 4.87. The molecule has 0 unspecified atom stereocenters. The van der Waals surface area contributed by atoms with Crippen molar-refractivity contribution < 1.29 is 8.42 Å². The second-order valence-corrected chi connectivity index (χ2v) is 7.63. The van der Waals surface area contributed by atoms with E-state index in [0.717, 1.165) is 10.0 Å². The predicted molar refractivity (Wildman–Crippen MR) is 89.4 cm³/mol. The van der Waals surface area contributed by atoms with E-state index in [0.29, 0.717) is 10.2 Å². The Bertz CT molecular complexity index is 781. The van der Waals surface area contributed by atoms with Gasteiger partial charge in [0.2, 0.25) is 0 Å². The van der Waals surface area contributed by atoms with Crippen LogP contribution in [0.4, 0.5) is 11.5 Å². The van der Waals surface area contributed by atoms with Crippen LogP contribution in [0.25, 0.3) is 0 Å². The topological polar surface area (TPSA) is 97.1 Å². The number of nitrogens with zero attached hydrogens (tertiary/aromatic N) is 1. The molecule has 0 atom stereocenters. The van der Waals surface area contributed by atoms with E-state index in [-0.39, 0.29) is 10.7 Å². The van der Waals surface area contributed by atoms with Crippen LogP contribution in [0.5, 0.6) is 0 Å². The molecular formula is C12H12Br2N4O2S. The van der Waals surface area contributed by atoms with Crippen LogP contribution in [-0.2, 0) is 10.0 Å². The average Bonchev–Trinajstić information content (AvgIpc) is 2.42. The van der Waals surface area contributed by atoms with E-state index in [1.165, 1.54) is 12.3 Å². The monoisotopic (exact) mass is 434 g/mol. The summed E-state index contributed by atoms with van der Waals surface area (Å²) in [7, 11) is -3.81. The van der Waals surface area contributed by atoms with Crippen LogP contribution >= 0.6 is 31.9 Å². The third kappa shape index (κ3) is 3.73. The molecule has 0 spiro atoms. The van der Waals surface area contributed by atoms with Gasteiger partial charge in [0.05, 0.1) is 0 Å². The van der Waals surface area contributed by atoms with E-state index in [1.54, 1.807) is 18.2 Å². The van der Waals surface area contributed by atoms with Gasteiger partial charge in [-0.2, -0.15) is 0 Å². The minimum Gasteiger partial charge on any atom is -0.307 e. The van der Waals surface area contributed by atoms with Gasteiger partial charge in [-0.3, -0.25) is 4.72 Å². The molecule has 0 saturated carbocycles. The summed E-state index contributed by atoms with van der Waals surface area (Å²) in [6, 6.07) is 6.59. The number of rotatable bonds is 4. The Morgan fingerprint density at radius 2 is 1.95 bits per heavy atom. The molecule has 0 aliphatic carbocycles. The highest BCUT2D eigenvalue weighted by atomic mass is 79.9. The first-order chi connectivity index (χ1) is 9.83. The fraction of sp³-hybridized carbons (Fsp3) is 0.0833. The number of nitrogen functional groups attached to an aromatic ring is 1. The molecule has 9 heteroatoms. The first kappa shape index (κ1) is 16.2. The van der Waals surface area contributed by atoms with Gasteiger partial charge in [-0.25, -0.2) is 19.2 Å². The normalized spacial score (nSPS) is 11.2. The lowest BCUT2D eigenvalue weighted by molar-refractivity contribution is 0.601. The number of pyridine rings is 1. The molecule has 1 heterocycles. The first-order valence-electron chi connectivity index (χ1n) is 5.74. The number of aromatic nitrogens is 1. The van der Waals surface area contributed by atoms with Gasteiger partial charge >= 0.3 is 0 Å². The third-order valence-corrected chi connectivity index (χ3v) is 5.37. The molecule has 0 saturated heterocycles. The number of nitrogens with one attached hydrogen (secondary N) is 2. The van der Waals surface area contributed by atoms with Gasteiger partial charge in [-0.15, -0.1) is 0 Å². The molecule has 6 nitrogen and oxygen atoms in total. The van der Waals surface area contributed by atoms with Crippen LogP contribution in [-0.4, -0.2) is 13.4 Å². The number of anilines is 2. The summed E-state index contributed by atoms with van der Waals surface area (Å²) in [4.78, 5) is 3.88. The lowest BCUT2D eigenvalue weighted by atomic mass is 10.2. The van der Waals surface area contributed by atoms with Crippen molar-refractivity contribution in [2.45, 2.75) is 11.8 Å². The van der Waals surface area contributed by atoms with Crippen molar-refractivity contribution in [1.29, 1.82) is 0 Å². The zero-order valence-corrected chi connectivity index (χ0v) is 14.9. The summed E-state index contributed by atoms with van der Waals surface area (Å²) in [5.41, 5.74) is 3.65. The molecule has 2 rings (SSSR count). The van der Waals surface area contributed by atoms with Crippen LogP contribution in [0.15, 0.2) is 44.3 Å². The van der Waals surface area contributed by atoms with E-state index in [2.05, 4.69) is 47.0 Å². The SMILES string of the molecule is Cc1cc(NS(=O)(=O)c2cc(Br)cnc2NN)ccc1Br. The number of hydrogen-bond acceptors (Lipinski definition) is 5. The minimum absolute atomic E-state index is 0.0417. The lowest BCUT2D eigenvalue weighted by Crippen LogP contribution is -2.18. The van der Waals surface area contributed by atoms with Crippen LogP contribution in [0, 0.1) is 6.92 Å². The highest BCUT2D eigenvalue weighted by Gasteiger charge is 2.20. The molecular weight excluding hydrogens is 424 g/mol. The predicted octanol–water partition coefficient (Wildman–Crippen LogP) is 3.00. The molecule has 2 aromatic rings. The number of sulfonamides is 1. The summed E-state index contributed by atoms with van der Waals surface area (Å²) in [5, 5.41) is 0. The molecule has 4 N–H and O–H groups in total. The molecule has 21 heavy (non-hydrogen) atoms. The number of benzene rings is 1. The third-order valence-electron chi connectivity index (χ3n) is 2.66. The molecule has 0 bridgehead atoms. The van der Waals surface area contributed by atoms with Crippen LogP contribution < -0.4 is 16.0 Å². The average molecular weight is 436 g/mol. The Morgan fingerprint density at radius 3 is 2.57 bits per heavy atom. The van der Waals surface area contributed by atoms with Crippen LogP contribution in [0.2, 0.25) is 0 Å². The van der Waals surface area contributed by atoms with Gasteiger partial charge < -0.3 is 5.43 Å². The number of nitrogens with two attached hydrogens (primary N) is 1. The standard InChI is InChI=1S/C12H12Br2N4O2S/c1-7-4-9(2-3-10(7)14)18-21(19,20)11-5-8(13)6-16-12(11)17-15/h2-6,18H,15H2,1H3,(H,16,17). The molecule has 0 fully saturated rings. The van der Waals surface area contributed by atoms with Gasteiger partial charge in [-0.1, -0.05) is 15.9 Å². The highest BCUT2D eigenvalue weighted by molar-refractivity contribution is 9.10. The Labute approximate surface area is 139 Å². The highest BCUT2D eigenvalue weighted by Crippen LogP contribution is 2.26. The lowest BCUT2D eigenvalue weighted by Gasteiger charge is -2.12. The zero-order chi connectivity index (χ0) is 15.6. The second kappa shape index (κ2) is 6.30. The van der Waals surface area contributed by atoms with Gasteiger partial charge in [0.15, 0.2) is 5.82 Å². The maximum Gasteiger partial charge on any atom is 0.265 e. The molecule has 112 valence electrons. The summed E-state index contributed by atoms with van der Waals surface area (Å²) < 4.78 is 28.8. The van der Waals surface area contributed by atoms with Gasteiger partial charge in [0.1, 0.15) is 4.90 Å². The van der Waals surface area contributed by atoms with Crippen molar-refractivity contribution in [3.05, 3.63) is 45.0 Å². The van der Waals surface area contributed by atoms with E-state index in [4.69, 9.17) is 5.84 Å². The molecule has 1 aromatic heterocycles. The second-order valence-electron chi connectivity index (χ2n) is 4.21. The number of aryl methyl sites for hydroxylation is 1. The number of hydrogen-bond donors (Lipinski definition) is 3. The minimum atomic E-state index is -3.81. The summed E-state index contributed by atoms with van der Waals surface area (Å²) in [5.74, 6) is 5.38. The van der Waals surface area contributed by atoms with Crippen molar-refractivity contribution in [3.63, 3.8) is 0 Å². The van der Waals surface area contributed by atoms with Crippen molar-refractivity contribution in [2.24, 2.45) is 5.84 Å². The van der Waals surface area contributed by atoms with Crippen molar-refractivity contribution in [1.82, 2.24) is 4.98 Å². The molecule has 0 amide bonds. The van der Waals surface area contributed by atoms with Gasteiger partial charge in [0, 0.05) is 20.8 Å². The Morgan fingerprint density at radius 1 is 1.24 bits per heavy atom. The zero-order valence-electron chi connectivity index (χ0n) is 10.9. The van der Waals surface area contributed by atoms with E-state index >= 15 is 0 Å². The smallest absolute Gasteiger partial charge is 0.265 e. The largest absolute Gasteiger partial charge is 0.307 e. The fourth-order valence-corrected chi connectivity index (χ4v) is 3.58. The molecule has 0 aliphatic rings. The van der Waals surface area contributed by atoms with Gasteiger partial charge in [-0.05, 0) is 52.7 Å². The molecule has 0 aliphatic heterocycles.